The molecule has 0 bridgehead atoms. The van der Waals surface area contributed by atoms with E-state index in [1.54, 1.807) is 24.7 Å². The van der Waals surface area contributed by atoms with E-state index in [4.69, 9.17) is 0 Å². The Morgan fingerprint density at radius 2 is 2.00 bits per heavy atom. The molecule has 0 aliphatic heterocycles. The van der Waals surface area contributed by atoms with E-state index in [9.17, 15) is 4.39 Å². The average molecular weight is 271 g/mol. The molecule has 0 unspecified atom stereocenters. The molecule has 0 saturated carbocycles. The molecule has 0 amide bonds. The summed E-state index contributed by atoms with van der Waals surface area (Å²) in [7, 11) is 1.89. The van der Waals surface area contributed by atoms with Crippen LogP contribution in [0.25, 0.3) is 11.2 Å². The topological polar surface area (TPSA) is 55.6 Å². The Bertz CT molecular complexity index is 720. The molecule has 3 rings (SSSR count). The van der Waals surface area contributed by atoms with E-state index in [0.717, 1.165) is 23.1 Å². The Morgan fingerprint density at radius 3 is 2.80 bits per heavy atom. The molecule has 3 aromatic rings. The van der Waals surface area contributed by atoms with Gasteiger partial charge in [-0.15, -0.1) is 0 Å². The molecule has 1 N–H and O–H groups in total. The molecular weight excluding hydrogens is 257 g/mol. The van der Waals surface area contributed by atoms with Crippen LogP contribution in [0.2, 0.25) is 0 Å². The molecule has 0 radical (unpaired) electrons. The number of fused-ring (bicyclic) bond motifs is 1. The second-order valence-electron chi connectivity index (χ2n) is 4.56. The molecule has 0 saturated heterocycles. The Hall–Kier alpha value is -2.50. The number of aromatic nitrogens is 4. The zero-order valence-corrected chi connectivity index (χ0v) is 11.0. The molecule has 20 heavy (non-hydrogen) atoms. The monoisotopic (exact) mass is 271 g/mol. The molecule has 6 heteroatoms. The number of aryl methyl sites for hydroxylation is 1. The third kappa shape index (κ3) is 2.59. The molecule has 0 atom stereocenters. The largest absolute Gasteiger partial charge is 0.354 e. The fourth-order valence-electron chi connectivity index (χ4n) is 1.98. The second kappa shape index (κ2) is 5.24. The minimum Gasteiger partial charge on any atom is -0.354 e. The Kier molecular flexibility index (Phi) is 3.28. The standard InChI is InChI=1S/C14H14FN5/c1-20-9-18-12-8-17-14(19-13(12)20)16-7-6-10-2-4-11(15)5-3-10/h2-5,8-9H,6-7H2,1H3,(H,16,17,19). The molecule has 2 heterocycles. The summed E-state index contributed by atoms with van der Waals surface area (Å²) in [6.07, 6.45) is 4.19. The number of hydrogen-bond acceptors (Lipinski definition) is 4. The minimum atomic E-state index is -0.216. The van der Waals surface area contributed by atoms with E-state index in [0.29, 0.717) is 12.5 Å². The Labute approximate surface area is 115 Å². The third-order valence-corrected chi connectivity index (χ3v) is 3.06. The van der Waals surface area contributed by atoms with Gasteiger partial charge in [0, 0.05) is 13.6 Å². The van der Waals surface area contributed by atoms with Gasteiger partial charge in [-0.3, -0.25) is 0 Å². The van der Waals surface area contributed by atoms with Crippen molar-refractivity contribution in [2.75, 3.05) is 11.9 Å². The zero-order valence-electron chi connectivity index (χ0n) is 11.0. The van der Waals surface area contributed by atoms with E-state index in [-0.39, 0.29) is 5.82 Å². The molecule has 2 aromatic heterocycles. The van der Waals surface area contributed by atoms with Crippen LogP contribution in [0.15, 0.2) is 36.8 Å². The first-order valence-electron chi connectivity index (χ1n) is 6.35. The van der Waals surface area contributed by atoms with Crippen LogP contribution in [0.4, 0.5) is 10.3 Å². The van der Waals surface area contributed by atoms with Crippen LogP contribution >= 0.6 is 0 Å². The number of halogens is 1. The summed E-state index contributed by atoms with van der Waals surface area (Å²) in [5.74, 6) is 0.356. The lowest BCUT2D eigenvalue weighted by atomic mass is 10.1. The predicted molar refractivity (Wildman–Crippen MR) is 74.9 cm³/mol. The maximum Gasteiger partial charge on any atom is 0.224 e. The summed E-state index contributed by atoms with van der Waals surface area (Å²) in [6.45, 7) is 0.689. The Morgan fingerprint density at radius 1 is 1.20 bits per heavy atom. The summed E-state index contributed by atoms with van der Waals surface area (Å²) >= 11 is 0. The molecule has 0 spiro atoms. The molecule has 1 aromatic carbocycles. The van der Waals surface area contributed by atoms with Gasteiger partial charge in [0.2, 0.25) is 5.95 Å². The quantitative estimate of drug-likeness (QED) is 0.790. The van der Waals surface area contributed by atoms with E-state index >= 15 is 0 Å². The highest BCUT2D eigenvalue weighted by atomic mass is 19.1. The van der Waals surface area contributed by atoms with Crippen molar-refractivity contribution in [1.29, 1.82) is 0 Å². The number of nitrogens with zero attached hydrogens (tertiary/aromatic N) is 4. The van der Waals surface area contributed by atoms with Crippen LogP contribution in [0.5, 0.6) is 0 Å². The van der Waals surface area contributed by atoms with Crippen molar-refractivity contribution >= 4 is 17.1 Å². The van der Waals surface area contributed by atoms with Crippen LogP contribution in [0.3, 0.4) is 0 Å². The van der Waals surface area contributed by atoms with Gasteiger partial charge in [0.15, 0.2) is 5.65 Å². The van der Waals surface area contributed by atoms with Crippen molar-refractivity contribution in [2.45, 2.75) is 6.42 Å². The smallest absolute Gasteiger partial charge is 0.224 e. The zero-order chi connectivity index (χ0) is 13.9. The number of imidazole rings is 1. The first-order valence-corrected chi connectivity index (χ1v) is 6.35. The lowest BCUT2D eigenvalue weighted by Crippen LogP contribution is -2.08. The summed E-state index contributed by atoms with van der Waals surface area (Å²) in [6, 6.07) is 6.49. The van der Waals surface area contributed by atoms with E-state index in [2.05, 4.69) is 20.3 Å². The van der Waals surface area contributed by atoms with Crippen LogP contribution in [-0.4, -0.2) is 26.1 Å². The summed E-state index contributed by atoms with van der Waals surface area (Å²) < 4.78 is 14.6. The molecule has 0 aliphatic rings. The molecule has 5 nitrogen and oxygen atoms in total. The fraction of sp³-hybridized carbons (Fsp3) is 0.214. The molecule has 0 fully saturated rings. The van der Waals surface area contributed by atoms with Gasteiger partial charge >= 0.3 is 0 Å². The number of hydrogen-bond donors (Lipinski definition) is 1. The van der Waals surface area contributed by atoms with Crippen molar-refractivity contribution in [1.82, 2.24) is 19.5 Å². The van der Waals surface area contributed by atoms with Crippen molar-refractivity contribution in [3.05, 3.63) is 48.2 Å². The normalized spacial score (nSPS) is 10.9. The summed E-state index contributed by atoms with van der Waals surface area (Å²) in [5, 5.41) is 3.16. The van der Waals surface area contributed by atoms with Gasteiger partial charge in [0.05, 0.1) is 12.5 Å². The SMILES string of the molecule is Cn1cnc2cnc(NCCc3ccc(F)cc3)nc21. The van der Waals surface area contributed by atoms with E-state index in [1.807, 2.05) is 11.6 Å². The third-order valence-electron chi connectivity index (χ3n) is 3.06. The molecule has 102 valence electrons. The van der Waals surface area contributed by atoms with Gasteiger partial charge < -0.3 is 9.88 Å². The summed E-state index contributed by atoms with van der Waals surface area (Å²) in [4.78, 5) is 12.8. The molecule has 0 aliphatic carbocycles. The van der Waals surface area contributed by atoms with E-state index < -0.39 is 0 Å². The second-order valence-corrected chi connectivity index (χ2v) is 4.56. The maximum atomic E-state index is 12.8. The van der Waals surface area contributed by atoms with Crippen LogP contribution in [0, 0.1) is 5.82 Å². The number of anilines is 1. The Balaban J connectivity index is 1.64. The van der Waals surface area contributed by atoms with Gasteiger partial charge in [-0.25, -0.2) is 14.4 Å². The first-order chi connectivity index (χ1) is 9.72. The van der Waals surface area contributed by atoms with Gasteiger partial charge in [-0.2, -0.15) is 4.98 Å². The van der Waals surface area contributed by atoms with Crippen molar-refractivity contribution in [2.24, 2.45) is 7.05 Å². The average Bonchev–Trinajstić information content (AvgIpc) is 2.83. The van der Waals surface area contributed by atoms with Crippen molar-refractivity contribution in [3.63, 3.8) is 0 Å². The van der Waals surface area contributed by atoms with Crippen LogP contribution in [0.1, 0.15) is 5.56 Å². The first kappa shape index (κ1) is 12.5. The van der Waals surface area contributed by atoms with Gasteiger partial charge in [-0.05, 0) is 24.1 Å². The number of benzene rings is 1. The highest BCUT2D eigenvalue weighted by Gasteiger charge is 2.03. The molecular formula is C14H14FN5. The lowest BCUT2D eigenvalue weighted by Gasteiger charge is -2.05. The van der Waals surface area contributed by atoms with Crippen LogP contribution in [-0.2, 0) is 13.5 Å². The van der Waals surface area contributed by atoms with Crippen LogP contribution < -0.4 is 5.32 Å². The van der Waals surface area contributed by atoms with Gasteiger partial charge in [-0.1, -0.05) is 12.1 Å². The lowest BCUT2D eigenvalue weighted by molar-refractivity contribution is 0.627. The predicted octanol–water partition coefficient (Wildman–Crippen LogP) is 2.16. The number of nitrogens with one attached hydrogen (secondary N) is 1. The highest BCUT2D eigenvalue weighted by molar-refractivity contribution is 5.70. The van der Waals surface area contributed by atoms with E-state index in [1.165, 1.54) is 12.1 Å². The maximum absolute atomic E-state index is 12.8. The summed E-state index contributed by atoms with van der Waals surface area (Å²) in [5.41, 5.74) is 2.64. The highest BCUT2D eigenvalue weighted by Crippen LogP contribution is 2.10. The minimum absolute atomic E-state index is 0.216. The fourth-order valence-corrected chi connectivity index (χ4v) is 1.98. The van der Waals surface area contributed by atoms with Gasteiger partial charge in [0.1, 0.15) is 11.3 Å². The number of rotatable bonds is 4. The van der Waals surface area contributed by atoms with Crippen molar-refractivity contribution < 1.29 is 4.39 Å². The van der Waals surface area contributed by atoms with Gasteiger partial charge in [0.25, 0.3) is 0 Å². The van der Waals surface area contributed by atoms with Crippen molar-refractivity contribution in [3.8, 4) is 0 Å².